The van der Waals surface area contributed by atoms with Gasteiger partial charge in [-0.2, -0.15) is 0 Å². The van der Waals surface area contributed by atoms with Crippen LogP contribution in [0.3, 0.4) is 0 Å². The Balaban J connectivity index is 1.85. The van der Waals surface area contributed by atoms with Crippen LogP contribution < -0.4 is 10.2 Å². The molecule has 0 bridgehead atoms. The molecule has 1 aromatic rings. The first kappa shape index (κ1) is 14.6. The number of ether oxygens (including phenoxy) is 1. The van der Waals surface area contributed by atoms with Gasteiger partial charge in [0, 0.05) is 25.8 Å². The number of rotatable bonds is 5. The highest BCUT2D eigenvalue weighted by atomic mass is 16.5. The third-order valence-corrected chi connectivity index (χ3v) is 3.33. The average molecular weight is 279 g/mol. The summed E-state index contributed by atoms with van der Waals surface area (Å²) in [6, 6.07) is 4.09. The van der Waals surface area contributed by atoms with E-state index in [-0.39, 0.29) is 5.92 Å². The largest absolute Gasteiger partial charge is 0.465 e. The highest BCUT2D eigenvalue weighted by molar-refractivity contribution is 5.64. The van der Waals surface area contributed by atoms with Gasteiger partial charge in [0.05, 0.1) is 13.2 Å². The van der Waals surface area contributed by atoms with E-state index in [4.69, 9.17) is 9.84 Å². The van der Waals surface area contributed by atoms with Gasteiger partial charge < -0.3 is 20.1 Å². The number of carbonyl (C=O) groups is 1. The standard InChI is InChI=1S/C14H21N3O3/c1-11(9-16-14(18)19)8-12-2-3-13(15-10-12)17-4-6-20-7-5-17/h2-3,10-11,16H,4-9H2,1H3,(H,18,19)/t11-/m0/s1. The zero-order chi connectivity index (χ0) is 14.4. The van der Waals surface area contributed by atoms with Crippen LogP contribution in [0.1, 0.15) is 12.5 Å². The SMILES string of the molecule is C[C@H](CNC(=O)O)Cc1ccc(N2CCOCC2)nc1. The van der Waals surface area contributed by atoms with E-state index in [2.05, 4.69) is 21.3 Å². The van der Waals surface area contributed by atoms with Gasteiger partial charge in [0.1, 0.15) is 5.82 Å². The topological polar surface area (TPSA) is 74.7 Å². The zero-order valence-corrected chi connectivity index (χ0v) is 11.7. The molecule has 1 saturated heterocycles. The Morgan fingerprint density at radius 1 is 1.50 bits per heavy atom. The van der Waals surface area contributed by atoms with Crippen molar-refractivity contribution in [3.05, 3.63) is 23.9 Å². The smallest absolute Gasteiger partial charge is 0.404 e. The van der Waals surface area contributed by atoms with Crippen molar-refractivity contribution in [3.63, 3.8) is 0 Å². The van der Waals surface area contributed by atoms with E-state index in [0.717, 1.165) is 44.1 Å². The van der Waals surface area contributed by atoms with Gasteiger partial charge in [-0.25, -0.2) is 9.78 Å². The zero-order valence-electron chi connectivity index (χ0n) is 11.7. The Bertz CT molecular complexity index is 430. The van der Waals surface area contributed by atoms with Crippen LogP contribution >= 0.6 is 0 Å². The second kappa shape index (κ2) is 7.09. The first-order valence-corrected chi connectivity index (χ1v) is 6.89. The Morgan fingerprint density at radius 2 is 2.25 bits per heavy atom. The van der Waals surface area contributed by atoms with Gasteiger partial charge in [-0.3, -0.25) is 0 Å². The lowest BCUT2D eigenvalue weighted by molar-refractivity contribution is 0.122. The van der Waals surface area contributed by atoms with Crippen LogP contribution in [0.2, 0.25) is 0 Å². The summed E-state index contributed by atoms with van der Waals surface area (Å²) >= 11 is 0. The van der Waals surface area contributed by atoms with Gasteiger partial charge in [0.15, 0.2) is 0 Å². The molecule has 2 rings (SSSR count). The lowest BCUT2D eigenvalue weighted by atomic mass is 10.0. The van der Waals surface area contributed by atoms with Crippen molar-refractivity contribution in [1.29, 1.82) is 0 Å². The summed E-state index contributed by atoms with van der Waals surface area (Å²) in [6.07, 6.45) is 1.72. The summed E-state index contributed by atoms with van der Waals surface area (Å²) < 4.78 is 5.32. The summed E-state index contributed by atoms with van der Waals surface area (Å²) in [7, 11) is 0. The van der Waals surface area contributed by atoms with Crippen LogP contribution in [-0.4, -0.2) is 49.0 Å². The fourth-order valence-electron chi connectivity index (χ4n) is 2.25. The number of nitrogens with one attached hydrogen (secondary N) is 1. The van der Waals surface area contributed by atoms with Crippen molar-refractivity contribution in [2.75, 3.05) is 37.7 Å². The lowest BCUT2D eigenvalue weighted by Gasteiger charge is -2.27. The number of nitrogens with zero attached hydrogens (tertiary/aromatic N) is 2. The number of anilines is 1. The fourth-order valence-corrected chi connectivity index (χ4v) is 2.25. The normalized spacial score (nSPS) is 16.8. The van der Waals surface area contributed by atoms with Crippen LogP contribution in [0.5, 0.6) is 0 Å². The van der Waals surface area contributed by atoms with Gasteiger partial charge in [0.2, 0.25) is 0 Å². The van der Waals surface area contributed by atoms with Crippen molar-refractivity contribution in [1.82, 2.24) is 10.3 Å². The molecule has 1 aliphatic heterocycles. The molecule has 1 amide bonds. The van der Waals surface area contributed by atoms with Gasteiger partial charge >= 0.3 is 6.09 Å². The highest BCUT2D eigenvalue weighted by Gasteiger charge is 2.12. The van der Waals surface area contributed by atoms with Crippen LogP contribution in [0.4, 0.5) is 10.6 Å². The molecule has 2 N–H and O–H groups in total. The lowest BCUT2D eigenvalue weighted by Crippen LogP contribution is -2.36. The molecule has 2 heterocycles. The molecule has 1 aliphatic rings. The third-order valence-electron chi connectivity index (χ3n) is 3.33. The summed E-state index contributed by atoms with van der Waals surface area (Å²) in [5.41, 5.74) is 1.13. The van der Waals surface area contributed by atoms with Crippen LogP contribution in [-0.2, 0) is 11.2 Å². The van der Waals surface area contributed by atoms with Gasteiger partial charge in [-0.15, -0.1) is 0 Å². The first-order valence-electron chi connectivity index (χ1n) is 6.89. The number of carboxylic acid groups (broad SMARTS) is 1. The second-order valence-corrected chi connectivity index (χ2v) is 5.12. The molecule has 20 heavy (non-hydrogen) atoms. The van der Waals surface area contributed by atoms with E-state index in [1.807, 2.05) is 19.2 Å². The van der Waals surface area contributed by atoms with Crippen LogP contribution in [0.25, 0.3) is 0 Å². The molecule has 1 fully saturated rings. The van der Waals surface area contributed by atoms with E-state index in [0.29, 0.717) is 6.54 Å². The van der Waals surface area contributed by atoms with Gasteiger partial charge in [-0.1, -0.05) is 13.0 Å². The number of pyridine rings is 1. The minimum Gasteiger partial charge on any atom is -0.465 e. The summed E-state index contributed by atoms with van der Waals surface area (Å²) in [6.45, 7) is 5.74. The molecule has 0 spiro atoms. The van der Waals surface area contributed by atoms with Gasteiger partial charge in [0.25, 0.3) is 0 Å². The van der Waals surface area contributed by atoms with Crippen LogP contribution in [0, 0.1) is 5.92 Å². The predicted octanol–water partition coefficient (Wildman–Crippen LogP) is 1.36. The van der Waals surface area contributed by atoms with E-state index in [1.54, 1.807) is 0 Å². The molecule has 0 aromatic carbocycles. The Labute approximate surface area is 118 Å². The fraction of sp³-hybridized carbons (Fsp3) is 0.571. The van der Waals surface area contributed by atoms with Crippen molar-refractivity contribution >= 4 is 11.9 Å². The third kappa shape index (κ3) is 4.38. The van der Waals surface area contributed by atoms with E-state index in [1.165, 1.54) is 0 Å². The van der Waals surface area contributed by atoms with Crippen molar-refractivity contribution < 1.29 is 14.6 Å². The van der Waals surface area contributed by atoms with E-state index in [9.17, 15) is 4.79 Å². The maximum absolute atomic E-state index is 10.4. The number of aromatic nitrogens is 1. The van der Waals surface area contributed by atoms with Crippen molar-refractivity contribution in [2.45, 2.75) is 13.3 Å². The van der Waals surface area contributed by atoms with E-state index >= 15 is 0 Å². The average Bonchev–Trinajstić information content (AvgIpc) is 2.47. The molecule has 6 heteroatoms. The minimum atomic E-state index is -0.974. The van der Waals surface area contributed by atoms with Crippen molar-refractivity contribution in [3.8, 4) is 0 Å². The summed E-state index contributed by atoms with van der Waals surface area (Å²) in [5, 5.41) is 11.0. The van der Waals surface area contributed by atoms with Crippen LogP contribution in [0.15, 0.2) is 18.3 Å². The molecule has 0 unspecified atom stereocenters. The quantitative estimate of drug-likeness (QED) is 0.851. The first-order chi connectivity index (χ1) is 9.65. The van der Waals surface area contributed by atoms with Gasteiger partial charge in [-0.05, 0) is 24.0 Å². The number of amides is 1. The maximum Gasteiger partial charge on any atom is 0.404 e. The molecule has 0 saturated carbocycles. The molecule has 6 nitrogen and oxygen atoms in total. The number of hydrogen-bond acceptors (Lipinski definition) is 4. The second-order valence-electron chi connectivity index (χ2n) is 5.12. The summed E-state index contributed by atoms with van der Waals surface area (Å²) in [4.78, 5) is 17.1. The minimum absolute atomic E-state index is 0.252. The highest BCUT2D eigenvalue weighted by Crippen LogP contribution is 2.15. The predicted molar refractivity (Wildman–Crippen MR) is 76.2 cm³/mol. The molecule has 1 atom stereocenters. The number of morpholine rings is 1. The summed E-state index contributed by atoms with van der Waals surface area (Å²) in [5.74, 6) is 1.23. The maximum atomic E-state index is 10.4. The molecule has 0 radical (unpaired) electrons. The Hall–Kier alpha value is -1.82. The molecular weight excluding hydrogens is 258 g/mol. The van der Waals surface area contributed by atoms with Crippen molar-refractivity contribution in [2.24, 2.45) is 5.92 Å². The molecule has 1 aromatic heterocycles. The molecule has 0 aliphatic carbocycles. The molecular formula is C14H21N3O3. The molecule has 110 valence electrons. The Kier molecular flexibility index (Phi) is 5.17. The monoisotopic (exact) mass is 279 g/mol. The number of hydrogen-bond donors (Lipinski definition) is 2. The Morgan fingerprint density at radius 3 is 2.85 bits per heavy atom. The van der Waals surface area contributed by atoms with E-state index < -0.39 is 6.09 Å².